The van der Waals surface area contributed by atoms with Crippen LogP contribution in [-0.4, -0.2) is 33.7 Å². The van der Waals surface area contributed by atoms with Gasteiger partial charge in [0.2, 0.25) is 16.9 Å². The molecule has 1 N–H and O–H groups in total. The summed E-state index contributed by atoms with van der Waals surface area (Å²) in [5, 5.41) is 1.79. The van der Waals surface area contributed by atoms with Crippen LogP contribution in [0.2, 0.25) is 0 Å². The summed E-state index contributed by atoms with van der Waals surface area (Å²) in [5.41, 5.74) is 0.234. The molecule has 126 valence electrons. The molecule has 0 radical (unpaired) electrons. The van der Waals surface area contributed by atoms with Crippen LogP contribution in [0.15, 0.2) is 24.3 Å². The maximum atomic E-state index is 13.0. The molecule has 1 aromatic rings. The van der Waals surface area contributed by atoms with Gasteiger partial charge in [0.25, 0.3) is 0 Å². The molecule has 0 spiro atoms. The van der Waals surface area contributed by atoms with Crippen LogP contribution in [-0.2, 0) is 19.1 Å². The number of halogens is 1. The molecule has 2 fully saturated rings. The molecule has 1 heterocycles. The number of amides is 2. The van der Waals surface area contributed by atoms with Crippen molar-refractivity contribution in [3.63, 3.8) is 0 Å². The quantitative estimate of drug-likeness (QED) is 0.655. The van der Waals surface area contributed by atoms with Gasteiger partial charge in [0, 0.05) is 12.5 Å². The zero-order valence-electron chi connectivity index (χ0n) is 12.7. The van der Waals surface area contributed by atoms with E-state index >= 15 is 0 Å². The molecular weight excluding hydrogens is 337 g/mol. The number of esters is 1. The first-order chi connectivity index (χ1) is 11.3. The zero-order valence-corrected chi connectivity index (χ0v) is 13.5. The van der Waals surface area contributed by atoms with E-state index in [4.69, 9.17) is 4.74 Å². The van der Waals surface area contributed by atoms with E-state index < -0.39 is 45.5 Å². The van der Waals surface area contributed by atoms with Gasteiger partial charge >= 0.3 is 5.97 Å². The first-order valence-corrected chi connectivity index (χ1v) is 8.16. The van der Waals surface area contributed by atoms with E-state index in [1.54, 1.807) is 0 Å². The van der Waals surface area contributed by atoms with Crippen LogP contribution in [0.4, 0.5) is 4.39 Å². The molecule has 0 aromatic heterocycles. The third-order valence-electron chi connectivity index (χ3n) is 4.25. The third kappa shape index (κ3) is 2.71. The molecule has 8 heteroatoms. The fourth-order valence-corrected chi connectivity index (χ4v) is 4.56. The lowest BCUT2D eigenvalue weighted by molar-refractivity contribution is -0.149. The Labute approximate surface area is 141 Å². The van der Waals surface area contributed by atoms with Crippen molar-refractivity contribution in [2.45, 2.75) is 30.6 Å². The van der Waals surface area contributed by atoms with Gasteiger partial charge in [-0.3, -0.25) is 24.5 Å². The summed E-state index contributed by atoms with van der Waals surface area (Å²) in [6.07, 6.45) is -0.166. The normalized spacial score (nSPS) is 28.4. The number of carbonyl (C=O) groups is 4. The molecule has 1 saturated heterocycles. The highest BCUT2D eigenvalue weighted by molar-refractivity contribution is 8.16. The highest BCUT2D eigenvalue weighted by atomic mass is 32.2. The minimum atomic E-state index is -1.29. The van der Waals surface area contributed by atoms with Crippen LogP contribution in [0.1, 0.15) is 30.1 Å². The predicted molar refractivity (Wildman–Crippen MR) is 82.5 cm³/mol. The van der Waals surface area contributed by atoms with Crippen LogP contribution in [0.5, 0.6) is 0 Å². The number of fused-ring (bicyclic) bond motifs is 1. The lowest BCUT2D eigenvalue weighted by atomic mass is 9.96. The summed E-state index contributed by atoms with van der Waals surface area (Å²) in [4.78, 5) is 48.1. The summed E-state index contributed by atoms with van der Waals surface area (Å²) < 4.78 is 16.8. The molecule has 2 aliphatic rings. The largest absolute Gasteiger partial charge is 0.462 e. The van der Waals surface area contributed by atoms with Crippen LogP contribution in [0, 0.1) is 11.7 Å². The van der Waals surface area contributed by atoms with Crippen molar-refractivity contribution in [2.75, 3.05) is 0 Å². The summed E-state index contributed by atoms with van der Waals surface area (Å²) in [5.74, 6) is -3.01. The average Bonchev–Trinajstić information content (AvgIpc) is 2.97. The van der Waals surface area contributed by atoms with Crippen LogP contribution in [0.25, 0.3) is 0 Å². The Morgan fingerprint density at radius 1 is 1.29 bits per heavy atom. The number of hydrogen-bond acceptors (Lipinski definition) is 6. The lowest BCUT2D eigenvalue weighted by Gasteiger charge is -2.24. The molecule has 1 aliphatic carbocycles. The summed E-state index contributed by atoms with van der Waals surface area (Å²) in [6, 6.07) is 4.95. The number of thioether (sulfide) groups is 1. The van der Waals surface area contributed by atoms with Gasteiger partial charge in [-0.25, -0.2) is 4.39 Å². The SMILES string of the molecule is CC(=O)OC1CCC2(SC(=O)c3ccc(F)cc3)C(=O)NC(=O)C12. The number of hydrogen-bond donors (Lipinski definition) is 1. The number of benzene rings is 1. The Morgan fingerprint density at radius 2 is 1.96 bits per heavy atom. The molecule has 3 rings (SSSR count). The molecule has 1 saturated carbocycles. The number of rotatable bonds is 3. The van der Waals surface area contributed by atoms with E-state index in [9.17, 15) is 23.6 Å². The van der Waals surface area contributed by atoms with Crippen molar-refractivity contribution in [2.24, 2.45) is 5.92 Å². The smallest absolute Gasteiger partial charge is 0.302 e. The average molecular weight is 351 g/mol. The molecule has 1 aromatic carbocycles. The Kier molecular flexibility index (Phi) is 4.16. The second-order valence-electron chi connectivity index (χ2n) is 5.77. The minimum Gasteiger partial charge on any atom is -0.462 e. The topological polar surface area (TPSA) is 89.5 Å². The molecule has 24 heavy (non-hydrogen) atoms. The van der Waals surface area contributed by atoms with Crippen molar-refractivity contribution in [1.82, 2.24) is 5.32 Å². The maximum absolute atomic E-state index is 13.0. The van der Waals surface area contributed by atoms with E-state index in [0.717, 1.165) is 23.9 Å². The second kappa shape index (κ2) is 6.01. The fourth-order valence-electron chi connectivity index (χ4n) is 3.22. The predicted octanol–water partition coefficient (Wildman–Crippen LogP) is 1.44. The third-order valence-corrected chi connectivity index (χ3v) is 5.68. The van der Waals surface area contributed by atoms with Gasteiger partial charge in [-0.1, -0.05) is 11.8 Å². The summed E-state index contributed by atoms with van der Waals surface area (Å²) in [7, 11) is 0. The van der Waals surface area contributed by atoms with Crippen molar-refractivity contribution in [1.29, 1.82) is 0 Å². The van der Waals surface area contributed by atoms with Gasteiger partial charge in [-0.05, 0) is 37.1 Å². The van der Waals surface area contributed by atoms with Gasteiger partial charge in [0.15, 0.2) is 0 Å². The summed E-state index contributed by atoms with van der Waals surface area (Å²) in [6.45, 7) is 1.23. The minimum absolute atomic E-state index is 0.234. The van der Waals surface area contributed by atoms with Gasteiger partial charge in [-0.2, -0.15) is 0 Å². The summed E-state index contributed by atoms with van der Waals surface area (Å²) >= 11 is 0.741. The number of imide groups is 1. The Bertz CT molecular complexity index is 734. The maximum Gasteiger partial charge on any atom is 0.302 e. The standard InChI is InChI=1S/C16H14FNO5S/c1-8(19)23-11-6-7-16(12(11)13(20)18-15(16)22)24-14(21)9-2-4-10(17)5-3-9/h2-5,11-12H,6-7H2,1H3,(H,18,20,22). The molecule has 1 aliphatic heterocycles. The van der Waals surface area contributed by atoms with E-state index in [1.165, 1.54) is 19.1 Å². The van der Waals surface area contributed by atoms with Gasteiger partial charge in [0.05, 0.1) is 5.92 Å². The molecule has 6 nitrogen and oxygen atoms in total. The van der Waals surface area contributed by atoms with Crippen molar-refractivity contribution >= 4 is 34.7 Å². The van der Waals surface area contributed by atoms with Crippen molar-refractivity contribution in [3.8, 4) is 0 Å². The highest BCUT2D eigenvalue weighted by Crippen LogP contribution is 2.51. The number of ether oxygens (including phenoxy) is 1. The highest BCUT2D eigenvalue weighted by Gasteiger charge is 2.64. The van der Waals surface area contributed by atoms with Crippen molar-refractivity contribution < 1.29 is 28.3 Å². The van der Waals surface area contributed by atoms with E-state index in [-0.39, 0.29) is 12.0 Å². The Morgan fingerprint density at radius 3 is 2.58 bits per heavy atom. The fraction of sp³-hybridized carbons (Fsp3) is 0.375. The van der Waals surface area contributed by atoms with Gasteiger partial charge in [0.1, 0.15) is 16.7 Å². The molecule has 3 unspecified atom stereocenters. The molecule has 3 atom stereocenters. The second-order valence-corrected chi connectivity index (χ2v) is 7.07. The molecule has 2 amide bonds. The molecule has 0 bridgehead atoms. The van der Waals surface area contributed by atoms with Crippen LogP contribution in [0.3, 0.4) is 0 Å². The zero-order chi connectivity index (χ0) is 17.5. The van der Waals surface area contributed by atoms with Gasteiger partial charge in [-0.15, -0.1) is 0 Å². The molecular formula is C16H14FNO5S. The van der Waals surface area contributed by atoms with Crippen LogP contribution < -0.4 is 5.32 Å². The van der Waals surface area contributed by atoms with Gasteiger partial charge < -0.3 is 4.74 Å². The number of nitrogens with one attached hydrogen (secondary N) is 1. The lowest BCUT2D eigenvalue weighted by Crippen LogP contribution is -2.39. The van der Waals surface area contributed by atoms with E-state index in [0.29, 0.717) is 6.42 Å². The Balaban J connectivity index is 1.87. The first kappa shape index (κ1) is 16.6. The van der Waals surface area contributed by atoms with E-state index in [2.05, 4.69) is 5.32 Å². The van der Waals surface area contributed by atoms with Crippen LogP contribution >= 0.6 is 11.8 Å². The monoisotopic (exact) mass is 351 g/mol. The van der Waals surface area contributed by atoms with Crippen molar-refractivity contribution in [3.05, 3.63) is 35.6 Å². The van der Waals surface area contributed by atoms with E-state index in [1.807, 2.05) is 0 Å². The number of carbonyl (C=O) groups excluding carboxylic acids is 4. The first-order valence-electron chi connectivity index (χ1n) is 7.35. The Hall–Kier alpha value is -2.22.